The maximum atomic E-state index is 13.3. The van der Waals surface area contributed by atoms with Crippen LogP contribution in [0, 0.1) is 3.57 Å². The van der Waals surface area contributed by atoms with Gasteiger partial charge in [0.05, 0.1) is 17.0 Å². The molecule has 1 unspecified atom stereocenters. The Hall–Kier alpha value is -2.23. The number of halogens is 2. The number of rotatable bonds is 5. The molecular weight excluding hydrogens is 535 g/mol. The van der Waals surface area contributed by atoms with Gasteiger partial charge in [0.25, 0.3) is 11.8 Å². The van der Waals surface area contributed by atoms with Gasteiger partial charge in [0.1, 0.15) is 6.04 Å². The van der Waals surface area contributed by atoms with Crippen LogP contribution < -0.4 is 4.90 Å². The van der Waals surface area contributed by atoms with E-state index in [1.807, 2.05) is 24.3 Å². The van der Waals surface area contributed by atoms with Gasteiger partial charge < -0.3 is 4.90 Å². The molecule has 2 aromatic carbocycles. The number of nitrogens with zero attached hydrogens (tertiary/aromatic N) is 2. The Morgan fingerprint density at radius 1 is 1.10 bits per heavy atom. The quantitative estimate of drug-likeness (QED) is 0.333. The first-order chi connectivity index (χ1) is 14.5. The molecule has 0 saturated carbocycles. The van der Waals surface area contributed by atoms with Crippen molar-refractivity contribution in [2.45, 2.75) is 19.0 Å². The fraction of sp³-hybridized carbons (Fsp3) is 0.136. The molecule has 1 aliphatic rings. The average molecular weight is 551 g/mol. The summed E-state index contributed by atoms with van der Waals surface area (Å²) in [5.74, 6) is -1.02. The van der Waals surface area contributed by atoms with Crippen LogP contribution in [0.2, 0.25) is 5.02 Å². The molecule has 1 atom stereocenters. The van der Waals surface area contributed by atoms with Crippen molar-refractivity contribution in [3.8, 4) is 0 Å². The van der Waals surface area contributed by atoms with E-state index < -0.39 is 11.9 Å². The van der Waals surface area contributed by atoms with Gasteiger partial charge in [-0.3, -0.25) is 14.4 Å². The summed E-state index contributed by atoms with van der Waals surface area (Å²) in [6.45, 7) is 0.140. The summed E-state index contributed by atoms with van der Waals surface area (Å²) in [7, 11) is 0. The first kappa shape index (κ1) is 21.0. The third-order valence-corrected chi connectivity index (χ3v) is 6.82. The maximum absolute atomic E-state index is 13.3. The molecule has 5 nitrogen and oxygen atoms in total. The van der Waals surface area contributed by atoms with Crippen molar-refractivity contribution >= 4 is 68.9 Å². The van der Waals surface area contributed by atoms with Gasteiger partial charge in [-0.2, -0.15) is 0 Å². The summed E-state index contributed by atoms with van der Waals surface area (Å²) in [4.78, 5) is 42.4. The molecule has 0 radical (unpaired) electrons. The predicted molar refractivity (Wildman–Crippen MR) is 126 cm³/mol. The third-order valence-electron chi connectivity index (χ3n) is 4.88. The van der Waals surface area contributed by atoms with Crippen LogP contribution in [0.3, 0.4) is 0 Å². The van der Waals surface area contributed by atoms with Gasteiger partial charge in [0, 0.05) is 15.1 Å². The molecule has 4 rings (SSSR count). The van der Waals surface area contributed by atoms with Gasteiger partial charge in [-0.1, -0.05) is 35.9 Å². The molecular formula is C22H16ClIN2O3S. The lowest BCUT2D eigenvalue weighted by Gasteiger charge is -2.27. The summed E-state index contributed by atoms with van der Waals surface area (Å²) in [5, 5.41) is 2.31. The SMILES string of the molecule is O=C1CC(N(Cc2ccccc2Cl)C(=O)c2cccs2)C(=O)N1c1ccc(I)cc1. The lowest BCUT2D eigenvalue weighted by molar-refractivity contribution is -0.122. The van der Waals surface area contributed by atoms with Crippen molar-refractivity contribution < 1.29 is 14.4 Å². The topological polar surface area (TPSA) is 57.7 Å². The summed E-state index contributed by atoms with van der Waals surface area (Å²) < 4.78 is 1.00. The summed E-state index contributed by atoms with van der Waals surface area (Å²) in [6, 6.07) is 16.9. The van der Waals surface area contributed by atoms with E-state index in [2.05, 4.69) is 22.6 Å². The number of anilines is 1. The smallest absolute Gasteiger partial charge is 0.264 e. The molecule has 3 aromatic rings. The van der Waals surface area contributed by atoms with Crippen molar-refractivity contribution in [3.63, 3.8) is 0 Å². The fourth-order valence-corrected chi connectivity index (χ4v) is 4.63. The highest BCUT2D eigenvalue weighted by Crippen LogP contribution is 2.30. The van der Waals surface area contributed by atoms with Crippen LogP contribution in [0.5, 0.6) is 0 Å². The molecule has 0 aliphatic carbocycles. The van der Waals surface area contributed by atoms with Crippen LogP contribution in [0.1, 0.15) is 21.7 Å². The van der Waals surface area contributed by atoms with E-state index in [0.717, 1.165) is 9.13 Å². The summed E-state index contributed by atoms with van der Waals surface area (Å²) >= 11 is 9.77. The number of hydrogen-bond donors (Lipinski definition) is 0. The molecule has 8 heteroatoms. The molecule has 30 heavy (non-hydrogen) atoms. The summed E-state index contributed by atoms with van der Waals surface area (Å²) in [6.07, 6.45) is -0.0631. The zero-order chi connectivity index (χ0) is 21.3. The number of carbonyl (C=O) groups is 3. The normalized spacial score (nSPS) is 16.2. The Kier molecular flexibility index (Phi) is 6.21. The van der Waals surface area contributed by atoms with Gasteiger partial charge in [-0.15, -0.1) is 11.3 Å². The van der Waals surface area contributed by atoms with E-state index in [1.165, 1.54) is 21.1 Å². The van der Waals surface area contributed by atoms with Crippen LogP contribution >= 0.6 is 45.5 Å². The minimum Gasteiger partial charge on any atom is -0.321 e. The molecule has 0 bridgehead atoms. The zero-order valence-electron chi connectivity index (χ0n) is 15.6. The first-order valence-corrected chi connectivity index (χ1v) is 11.5. The van der Waals surface area contributed by atoms with Crippen molar-refractivity contribution in [3.05, 3.63) is 85.1 Å². The molecule has 0 spiro atoms. The van der Waals surface area contributed by atoms with E-state index in [0.29, 0.717) is 15.6 Å². The Bertz CT molecular complexity index is 1100. The van der Waals surface area contributed by atoms with Gasteiger partial charge in [0.15, 0.2) is 0 Å². The predicted octanol–water partition coefficient (Wildman–Crippen LogP) is 4.98. The van der Waals surface area contributed by atoms with E-state index in [9.17, 15) is 14.4 Å². The van der Waals surface area contributed by atoms with Gasteiger partial charge >= 0.3 is 0 Å². The minimum absolute atomic E-state index is 0.0631. The minimum atomic E-state index is -0.886. The summed E-state index contributed by atoms with van der Waals surface area (Å²) in [5.41, 5.74) is 1.23. The first-order valence-electron chi connectivity index (χ1n) is 9.16. The number of hydrogen-bond acceptors (Lipinski definition) is 4. The Morgan fingerprint density at radius 2 is 1.83 bits per heavy atom. The number of carbonyl (C=O) groups excluding carboxylic acids is 3. The van der Waals surface area contributed by atoms with E-state index in [4.69, 9.17) is 11.6 Å². The second-order valence-corrected chi connectivity index (χ2v) is 9.37. The van der Waals surface area contributed by atoms with Crippen LogP contribution in [0.4, 0.5) is 5.69 Å². The second kappa shape index (κ2) is 8.87. The van der Waals surface area contributed by atoms with Crippen molar-refractivity contribution in [2.75, 3.05) is 4.90 Å². The Balaban J connectivity index is 1.69. The fourth-order valence-electron chi connectivity index (χ4n) is 3.40. The average Bonchev–Trinajstić information content (AvgIpc) is 3.36. The lowest BCUT2D eigenvalue weighted by atomic mass is 10.1. The highest BCUT2D eigenvalue weighted by atomic mass is 127. The molecule has 3 amide bonds. The van der Waals surface area contributed by atoms with Gasteiger partial charge in [-0.05, 0) is 69.9 Å². The van der Waals surface area contributed by atoms with Gasteiger partial charge in [0.2, 0.25) is 5.91 Å². The molecule has 1 fully saturated rings. The van der Waals surface area contributed by atoms with Gasteiger partial charge in [-0.25, -0.2) is 4.90 Å². The van der Waals surface area contributed by atoms with E-state index in [1.54, 1.807) is 41.8 Å². The van der Waals surface area contributed by atoms with E-state index >= 15 is 0 Å². The van der Waals surface area contributed by atoms with Crippen LogP contribution in [-0.2, 0) is 16.1 Å². The Morgan fingerprint density at radius 3 is 2.50 bits per heavy atom. The third kappa shape index (κ3) is 4.14. The number of thiophene rings is 1. The van der Waals surface area contributed by atoms with Crippen molar-refractivity contribution in [1.82, 2.24) is 4.90 Å². The van der Waals surface area contributed by atoms with Crippen LogP contribution in [-0.4, -0.2) is 28.7 Å². The Labute approximate surface area is 196 Å². The monoisotopic (exact) mass is 550 g/mol. The van der Waals surface area contributed by atoms with Crippen molar-refractivity contribution in [2.24, 2.45) is 0 Å². The second-order valence-electron chi connectivity index (χ2n) is 6.77. The van der Waals surface area contributed by atoms with Crippen LogP contribution in [0.25, 0.3) is 0 Å². The maximum Gasteiger partial charge on any atom is 0.264 e. The van der Waals surface area contributed by atoms with E-state index in [-0.39, 0.29) is 24.8 Å². The number of imide groups is 1. The molecule has 1 saturated heterocycles. The highest BCUT2D eigenvalue weighted by molar-refractivity contribution is 14.1. The molecule has 152 valence electrons. The van der Waals surface area contributed by atoms with Crippen LogP contribution in [0.15, 0.2) is 66.0 Å². The molecule has 1 aliphatic heterocycles. The highest BCUT2D eigenvalue weighted by Gasteiger charge is 2.44. The molecule has 1 aromatic heterocycles. The lowest BCUT2D eigenvalue weighted by Crippen LogP contribution is -2.45. The number of benzene rings is 2. The largest absolute Gasteiger partial charge is 0.321 e. The number of amides is 3. The molecule has 2 heterocycles. The zero-order valence-corrected chi connectivity index (χ0v) is 19.4. The van der Waals surface area contributed by atoms with Crippen molar-refractivity contribution in [1.29, 1.82) is 0 Å². The standard InChI is InChI=1S/C22H16ClIN2O3S/c23-17-5-2-1-4-14(17)13-25(22(29)19-6-3-11-30-19)18-12-20(27)26(21(18)28)16-9-7-15(24)8-10-16/h1-11,18H,12-13H2. The molecule has 0 N–H and O–H groups in total.